The van der Waals surface area contributed by atoms with Gasteiger partial charge in [-0.1, -0.05) is 0 Å². The summed E-state index contributed by atoms with van der Waals surface area (Å²) < 4.78 is 0. The lowest BCUT2D eigenvalue weighted by Gasteiger charge is -2.07. The molecule has 76 valence electrons. The Morgan fingerprint density at radius 2 is 2.36 bits per heavy atom. The number of carbonyl (C=O) groups is 1. The van der Waals surface area contributed by atoms with E-state index in [4.69, 9.17) is 5.73 Å². The maximum Gasteiger partial charge on any atom is 0.270 e. The number of nitrogens with two attached hydrogens (primary N) is 1. The van der Waals surface area contributed by atoms with Crippen molar-refractivity contribution >= 4 is 5.91 Å². The molecule has 1 amide bonds. The molecule has 0 atom stereocenters. The summed E-state index contributed by atoms with van der Waals surface area (Å²) in [6.45, 7) is 4.24. The first-order valence-corrected chi connectivity index (χ1v) is 4.59. The summed E-state index contributed by atoms with van der Waals surface area (Å²) in [4.78, 5) is 15.5. The summed E-state index contributed by atoms with van der Waals surface area (Å²) in [5.41, 5.74) is 6.79. The Morgan fingerprint density at radius 3 is 2.93 bits per heavy atom. The molecule has 1 aromatic rings. The number of amides is 1. The minimum absolute atomic E-state index is 0.117. The maximum absolute atomic E-state index is 11.5. The van der Waals surface area contributed by atoms with E-state index in [1.807, 2.05) is 13.8 Å². The quantitative estimate of drug-likeness (QED) is 0.741. The van der Waals surface area contributed by atoms with Gasteiger partial charge < -0.3 is 11.1 Å². The van der Waals surface area contributed by atoms with Crippen LogP contribution in [0.25, 0.3) is 0 Å². The van der Waals surface area contributed by atoms with Crippen molar-refractivity contribution in [2.45, 2.75) is 26.4 Å². The summed E-state index contributed by atoms with van der Waals surface area (Å²) in [6, 6.07) is 3.62. The van der Waals surface area contributed by atoms with Crippen LogP contribution in [0.4, 0.5) is 0 Å². The number of pyridine rings is 1. The molecule has 14 heavy (non-hydrogen) atoms. The molecule has 0 unspecified atom stereocenters. The minimum Gasteiger partial charge on any atom is -0.349 e. The third-order valence-corrected chi connectivity index (χ3v) is 1.71. The van der Waals surface area contributed by atoms with Gasteiger partial charge in [0.2, 0.25) is 0 Å². The fourth-order valence-electron chi connectivity index (χ4n) is 1.06. The van der Waals surface area contributed by atoms with E-state index in [1.165, 1.54) is 0 Å². The zero-order valence-electron chi connectivity index (χ0n) is 8.45. The molecular weight excluding hydrogens is 178 g/mol. The van der Waals surface area contributed by atoms with Crippen LogP contribution < -0.4 is 11.1 Å². The lowest BCUT2D eigenvalue weighted by Crippen LogP contribution is -2.30. The van der Waals surface area contributed by atoms with E-state index in [2.05, 4.69) is 10.3 Å². The highest BCUT2D eigenvalue weighted by atomic mass is 16.1. The van der Waals surface area contributed by atoms with Crippen LogP contribution in [-0.4, -0.2) is 16.9 Å². The Morgan fingerprint density at radius 1 is 1.64 bits per heavy atom. The van der Waals surface area contributed by atoms with Gasteiger partial charge in [0.15, 0.2) is 0 Å². The van der Waals surface area contributed by atoms with Gasteiger partial charge >= 0.3 is 0 Å². The Balaban J connectivity index is 2.79. The van der Waals surface area contributed by atoms with Gasteiger partial charge in [-0.05, 0) is 31.5 Å². The molecule has 4 heteroatoms. The Kier molecular flexibility index (Phi) is 3.59. The van der Waals surface area contributed by atoms with Gasteiger partial charge in [0.1, 0.15) is 5.69 Å². The molecule has 1 aromatic heterocycles. The van der Waals surface area contributed by atoms with Crippen molar-refractivity contribution in [3.05, 3.63) is 29.6 Å². The van der Waals surface area contributed by atoms with Crippen LogP contribution in [-0.2, 0) is 6.54 Å². The first-order chi connectivity index (χ1) is 6.63. The number of hydrogen-bond donors (Lipinski definition) is 2. The highest BCUT2D eigenvalue weighted by Gasteiger charge is 2.07. The van der Waals surface area contributed by atoms with Crippen LogP contribution in [0.2, 0.25) is 0 Å². The lowest BCUT2D eigenvalue weighted by molar-refractivity contribution is 0.0938. The number of aromatic nitrogens is 1. The molecule has 0 fully saturated rings. The van der Waals surface area contributed by atoms with Crippen LogP contribution in [0.15, 0.2) is 18.3 Å². The average molecular weight is 193 g/mol. The van der Waals surface area contributed by atoms with E-state index < -0.39 is 0 Å². The van der Waals surface area contributed by atoms with Crippen molar-refractivity contribution in [1.82, 2.24) is 10.3 Å². The molecule has 0 bridgehead atoms. The van der Waals surface area contributed by atoms with Crippen LogP contribution >= 0.6 is 0 Å². The van der Waals surface area contributed by atoms with E-state index in [0.29, 0.717) is 12.2 Å². The summed E-state index contributed by atoms with van der Waals surface area (Å²) in [5.74, 6) is -0.157. The summed E-state index contributed by atoms with van der Waals surface area (Å²) >= 11 is 0. The van der Waals surface area contributed by atoms with Crippen LogP contribution in [0.5, 0.6) is 0 Å². The molecule has 0 saturated heterocycles. The molecule has 0 spiro atoms. The van der Waals surface area contributed by atoms with Gasteiger partial charge in [0.05, 0.1) is 0 Å². The number of rotatable bonds is 3. The van der Waals surface area contributed by atoms with E-state index in [-0.39, 0.29) is 11.9 Å². The van der Waals surface area contributed by atoms with E-state index in [0.717, 1.165) is 5.56 Å². The number of nitrogens with zero attached hydrogens (tertiary/aromatic N) is 1. The molecule has 0 saturated carbocycles. The normalized spacial score (nSPS) is 10.3. The highest BCUT2D eigenvalue weighted by Crippen LogP contribution is 2.00. The zero-order chi connectivity index (χ0) is 10.6. The molecule has 3 N–H and O–H groups in total. The summed E-state index contributed by atoms with van der Waals surface area (Å²) in [7, 11) is 0. The first-order valence-electron chi connectivity index (χ1n) is 4.59. The maximum atomic E-state index is 11.5. The molecule has 0 aliphatic carbocycles. The Bertz CT molecular complexity index is 323. The van der Waals surface area contributed by atoms with Crippen molar-refractivity contribution in [3.8, 4) is 0 Å². The highest BCUT2D eigenvalue weighted by molar-refractivity contribution is 5.92. The zero-order valence-corrected chi connectivity index (χ0v) is 8.45. The first kappa shape index (κ1) is 10.7. The summed E-state index contributed by atoms with van der Waals surface area (Å²) in [6.07, 6.45) is 1.59. The van der Waals surface area contributed by atoms with Gasteiger partial charge in [0.25, 0.3) is 5.91 Å². The molecule has 1 heterocycles. The third kappa shape index (κ3) is 2.81. The van der Waals surface area contributed by atoms with Crippen molar-refractivity contribution < 1.29 is 4.79 Å². The van der Waals surface area contributed by atoms with Crippen molar-refractivity contribution in [2.24, 2.45) is 5.73 Å². The Hall–Kier alpha value is -1.42. The topological polar surface area (TPSA) is 68.0 Å². The molecular formula is C10H15N3O. The van der Waals surface area contributed by atoms with Gasteiger partial charge in [-0.15, -0.1) is 0 Å². The second-order valence-corrected chi connectivity index (χ2v) is 3.38. The number of hydrogen-bond acceptors (Lipinski definition) is 3. The lowest BCUT2D eigenvalue weighted by atomic mass is 10.2. The van der Waals surface area contributed by atoms with E-state index in [1.54, 1.807) is 18.3 Å². The molecule has 0 aromatic carbocycles. The predicted molar refractivity (Wildman–Crippen MR) is 54.7 cm³/mol. The molecule has 1 rings (SSSR count). The molecule has 4 nitrogen and oxygen atoms in total. The fourth-order valence-corrected chi connectivity index (χ4v) is 1.06. The van der Waals surface area contributed by atoms with Crippen LogP contribution in [0, 0.1) is 0 Å². The third-order valence-electron chi connectivity index (χ3n) is 1.71. The van der Waals surface area contributed by atoms with Crippen LogP contribution in [0.1, 0.15) is 29.9 Å². The molecule has 0 aliphatic heterocycles. The average Bonchev–Trinajstić information content (AvgIpc) is 2.17. The number of nitrogens with one attached hydrogen (secondary N) is 1. The standard InChI is InChI=1S/C10H15N3O/c1-7(2)13-10(14)9-5-8(6-11)3-4-12-9/h3-5,7H,6,11H2,1-2H3,(H,13,14). The monoisotopic (exact) mass is 193 g/mol. The SMILES string of the molecule is CC(C)NC(=O)c1cc(CN)ccn1. The number of carbonyl (C=O) groups excluding carboxylic acids is 1. The smallest absolute Gasteiger partial charge is 0.270 e. The van der Waals surface area contributed by atoms with Crippen molar-refractivity contribution in [3.63, 3.8) is 0 Å². The fraction of sp³-hybridized carbons (Fsp3) is 0.400. The van der Waals surface area contributed by atoms with E-state index in [9.17, 15) is 4.79 Å². The van der Waals surface area contributed by atoms with Gasteiger partial charge in [-0.3, -0.25) is 9.78 Å². The summed E-state index contributed by atoms with van der Waals surface area (Å²) in [5, 5.41) is 2.77. The van der Waals surface area contributed by atoms with Crippen LogP contribution in [0.3, 0.4) is 0 Å². The Labute approximate surface area is 83.5 Å². The predicted octanol–water partition coefficient (Wildman–Crippen LogP) is 0.678. The second kappa shape index (κ2) is 4.72. The minimum atomic E-state index is -0.157. The van der Waals surface area contributed by atoms with Crippen molar-refractivity contribution in [1.29, 1.82) is 0 Å². The van der Waals surface area contributed by atoms with Gasteiger partial charge in [-0.2, -0.15) is 0 Å². The largest absolute Gasteiger partial charge is 0.349 e. The van der Waals surface area contributed by atoms with Crippen molar-refractivity contribution in [2.75, 3.05) is 0 Å². The van der Waals surface area contributed by atoms with Gasteiger partial charge in [0, 0.05) is 18.8 Å². The van der Waals surface area contributed by atoms with E-state index >= 15 is 0 Å². The van der Waals surface area contributed by atoms with Gasteiger partial charge in [-0.25, -0.2) is 0 Å². The molecule has 0 radical (unpaired) electrons. The molecule has 0 aliphatic rings. The second-order valence-electron chi connectivity index (χ2n) is 3.38.